The fourth-order valence-electron chi connectivity index (χ4n) is 3.67. The van der Waals surface area contributed by atoms with E-state index in [2.05, 4.69) is 15.0 Å². The Morgan fingerprint density at radius 2 is 1.85 bits per heavy atom. The summed E-state index contributed by atoms with van der Waals surface area (Å²) in [4.78, 5) is 14.0. The number of carbonyl (C=O) groups is 1. The maximum absolute atomic E-state index is 12.2. The Hall–Kier alpha value is -1.93. The molecule has 1 amide bonds. The first-order valence-corrected chi connectivity index (χ1v) is 11.1. The largest absolute Gasteiger partial charge is 0.353 e. The Labute approximate surface area is 161 Å². The molecular weight excluding hydrogens is 364 g/mol. The summed E-state index contributed by atoms with van der Waals surface area (Å²) in [6.45, 7) is 1.37. The molecule has 0 atom stereocenters. The Morgan fingerprint density at radius 1 is 1.15 bits per heavy atom. The normalized spacial score (nSPS) is 19.1. The van der Waals surface area contributed by atoms with Crippen LogP contribution in [0, 0.1) is 0 Å². The van der Waals surface area contributed by atoms with Gasteiger partial charge in [-0.05, 0) is 25.0 Å². The molecule has 148 valence electrons. The molecule has 2 aliphatic rings. The SMILES string of the molecule is CN(CC(=O)NCCNC1CCCCCC1)C1=NS(=O)(=O)c2ccccc21. The Balaban J connectivity index is 1.46. The monoisotopic (exact) mass is 392 g/mol. The van der Waals surface area contributed by atoms with Gasteiger partial charge in [-0.3, -0.25) is 4.79 Å². The zero-order chi connectivity index (χ0) is 19.3. The summed E-state index contributed by atoms with van der Waals surface area (Å²) < 4.78 is 28.1. The van der Waals surface area contributed by atoms with Crippen LogP contribution in [-0.4, -0.2) is 57.8 Å². The number of benzene rings is 1. The van der Waals surface area contributed by atoms with Crippen molar-refractivity contribution in [3.05, 3.63) is 29.8 Å². The highest BCUT2D eigenvalue weighted by Gasteiger charge is 2.30. The lowest BCUT2D eigenvalue weighted by Gasteiger charge is -2.19. The molecule has 0 bridgehead atoms. The van der Waals surface area contributed by atoms with Crippen LogP contribution in [0.15, 0.2) is 33.6 Å². The molecule has 0 spiro atoms. The standard InChI is InChI=1S/C19H28N4O3S/c1-23(19-16-10-6-7-11-17(16)27(25,26)22-19)14-18(24)21-13-12-20-15-8-4-2-3-5-9-15/h6-7,10-11,15,20H,2-5,8-9,12-14H2,1H3,(H,21,24). The van der Waals surface area contributed by atoms with Gasteiger partial charge in [-0.2, -0.15) is 8.42 Å². The van der Waals surface area contributed by atoms with E-state index in [-0.39, 0.29) is 17.3 Å². The van der Waals surface area contributed by atoms with E-state index >= 15 is 0 Å². The molecular formula is C19H28N4O3S. The number of amidine groups is 1. The number of rotatable bonds is 6. The highest BCUT2D eigenvalue weighted by Crippen LogP contribution is 2.26. The second kappa shape index (κ2) is 8.84. The van der Waals surface area contributed by atoms with Crippen LogP contribution in [0.3, 0.4) is 0 Å². The van der Waals surface area contributed by atoms with E-state index in [0.717, 1.165) is 6.54 Å². The number of hydrogen-bond donors (Lipinski definition) is 2. The third kappa shape index (κ3) is 5.07. The van der Waals surface area contributed by atoms with Crippen molar-refractivity contribution in [2.24, 2.45) is 4.40 Å². The van der Waals surface area contributed by atoms with Gasteiger partial charge < -0.3 is 15.5 Å². The van der Waals surface area contributed by atoms with Crippen molar-refractivity contribution in [1.82, 2.24) is 15.5 Å². The molecule has 0 radical (unpaired) electrons. The summed E-state index contributed by atoms with van der Waals surface area (Å²) in [5, 5.41) is 6.41. The van der Waals surface area contributed by atoms with E-state index in [4.69, 9.17) is 0 Å². The molecule has 1 aliphatic carbocycles. The summed E-state index contributed by atoms with van der Waals surface area (Å²) in [5.41, 5.74) is 0.544. The molecule has 27 heavy (non-hydrogen) atoms. The van der Waals surface area contributed by atoms with Gasteiger partial charge >= 0.3 is 0 Å². The average Bonchev–Trinajstić information content (AvgIpc) is 2.80. The molecule has 0 saturated heterocycles. The molecule has 1 aliphatic heterocycles. The second-order valence-corrected chi connectivity index (χ2v) is 8.81. The summed E-state index contributed by atoms with van der Waals surface area (Å²) in [7, 11) is -1.99. The lowest BCUT2D eigenvalue weighted by atomic mass is 10.1. The van der Waals surface area contributed by atoms with Gasteiger partial charge in [-0.1, -0.05) is 37.8 Å². The van der Waals surface area contributed by atoms with Gasteiger partial charge in [-0.15, -0.1) is 4.40 Å². The zero-order valence-corrected chi connectivity index (χ0v) is 16.6. The fraction of sp³-hybridized carbons (Fsp3) is 0.579. The third-order valence-electron chi connectivity index (χ3n) is 5.09. The Morgan fingerprint density at radius 3 is 2.59 bits per heavy atom. The van der Waals surface area contributed by atoms with Crippen molar-refractivity contribution in [3.63, 3.8) is 0 Å². The van der Waals surface area contributed by atoms with Gasteiger partial charge in [-0.25, -0.2) is 0 Å². The molecule has 1 aromatic rings. The van der Waals surface area contributed by atoms with Gasteiger partial charge in [0.05, 0.1) is 6.54 Å². The minimum Gasteiger partial charge on any atom is -0.353 e. The quantitative estimate of drug-likeness (QED) is 0.565. The summed E-state index contributed by atoms with van der Waals surface area (Å²) in [6, 6.07) is 7.24. The van der Waals surface area contributed by atoms with E-state index in [1.54, 1.807) is 30.1 Å². The van der Waals surface area contributed by atoms with Gasteiger partial charge in [0.1, 0.15) is 4.90 Å². The van der Waals surface area contributed by atoms with E-state index in [1.807, 2.05) is 0 Å². The smallest absolute Gasteiger partial charge is 0.285 e. The van der Waals surface area contributed by atoms with E-state index in [0.29, 0.717) is 24.0 Å². The molecule has 7 nitrogen and oxygen atoms in total. The molecule has 2 N–H and O–H groups in total. The maximum Gasteiger partial charge on any atom is 0.285 e. The predicted molar refractivity (Wildman–Crippen MR) is 105 cm³/mol. The van der Waals surface area contributed by atoms with E-state index in [9.17, 15) is 13.2 Å². The summed E-state index contributed by atoms with van der Waals surface area (Å²) in [5.74, 6) is 0.168. The van der Waals surface area contributed by atoms with Gasteiger partial charge in [0.2, 0.25) is 5.91 Å². The Bertz CT molecular complexity index is 799. The first-order valence-electron chi connectivity index (χ1n) is 9.63. The number of nitrogens with zero attached hydrogens (tertiary/aromatic N) is 2. The van der Waals surface area contributed by atoms with Crippen LogP contribution in [-0.2, 0) is 14.8 Å². The van der Waals surface area contributed by atoms with Crippen LogP contribution in [0.1, 0.15) is 44.1 Å². The Kier molecular flexibility index (Phi) is 6.49. The lowest BCUT2D eigenvalue weighted by molar-refractivity contribution is -0.121. The van der Waals surface area contributed by atoms with Gasteiger partial charge in [0.25, 0.3) is 10.0 Å². The van der Waals surface area contributed by atoms with Crippen molar-refractivity contribution in [2.75, 3.05) is 26.7 Å². The van der Waals surface area contributed by atoms with Crippen LogP contribution >= 0.6 is 0 Å². The molecule has 0 aromatic heterocycles. The van der Waals surface area contributed by atoms with Crippen LogP contribution in [0.4, 0.5) is 0 Å². The van der Waals surface area contributed by atoms with Crippen LogP contribution in [0.25, 0.3) is 0 Å². The molecule has 3 rings (SSSR count). The molecule has 8 heteroatoms. The van der Waals surface area contributed by atoms with Crippen LogP contribution in [0.2, 0.25) is 0 Å². The topological polar surface area (TPSA) is 90.9 Å². The highest BCUT2D eigenvalue weighted by molar-refractivity contribution is 7.90. The number of sulfonamides is 1. The first-order chi connectivity index (χ1) is 13.0. The number of amides is 1. The van der Waals surface area contributed by atoms with Gasteiger partial charge in [0.15, 0.2) is 5.84 Å². The number of nitrogens with one attached hydrogen (secondary N) is 2. The third-order valence-corrected chi connectivity index (χ3v) is 6.42. The molecule has 1 saturated carbocycles. The highest BCUT2D eigenvalue weighted by atomic mass is 32.2. The summed E-state index contributed by atoms with van der Waals surface area (Å²) >= 11 is 0. The van der Waals surface area contributed by atoms with E-state index in [1.165, 1.54) is 44.6 Å². The molecule has 0 unspecified atom stereocenters. The fourth-order valence-corrected chi connectivity index (χ4v) is 4.92. The van der Waals surface area contributed by atoms with Crippen molar-refractivity contribution in [1.29, 1.82) is 0 Å². The number of carbonyl (C=O) groups excluding carboxylic acids is 1. The number of hydrogen-bond acceptors (Lipinski definition) is 5. The second-order valence-electron chi connectivity index (χ2n) is 7.23. The lowest BCUT2D eigenvalue weighted by Crippen LogP contribution is -2.42. The van der Waals surface area contributed by atoms with Crippen LogP contribution < -0.4 is 10.6 Å². The van der Waals surface area contributed by atoms with Crippen molar-refractivity contribution < 1.29 is 13.2 Å². The van der Waals surface area contributed by atoms with Crippen molar-refractivity contribution >= 4 is 21.8 Å². The summed E-state index contributed by atoms with van der Waals surface area (Å²) in [6.07, 6.45) is 7.63. The first kappa shape index (κ1) is 19.8. The number of fused-ring (bicyclic) bond motifs is 1. The maximum atomic E-state index is 12.2. The number of likely N-dealkylation sites (N-methyl/N-ethyl adjacent to an activating group) is 1. The molecule has 1 fully saturated rings. The predicted octanol–water partition coefficient (Wildman–Crippen LogP) is 1.50. The van der Waals surface area contributed by atoms with Crippen molar-refractivity contribution in [3.8, 4) is 0 Å². The molecule has 1 heterocycles. The molecule has 1 aromatic carbocycles. The minimum atomic E-state index is -3.67. The zero-order valence-electron chi connectivity index (χ0n) is 15.8. The van der Waals surface area contributed by atoms with Crippen molar-refractivity contribution in [2.45, 2.75) is 49.5 Å². The minimum absolute atomic E-state index is 0.0616. The average molecular weight is 393 g/mol. The van der Waals surface area contributed by atoms with Gasteiger partial charge in [0, 0.05) is 31.7 Å². The van der Waals surface area contributed by atoms with E-state index < -0.39 is 10.0 Å². The van der Waals surface area contributed by atoms with Crippen LogP contribution in [0.5, 0.6) is 0 Å².